The maximum absolute atomic E-state index is 11.6. The van der Waals surface area contributed by atoms with E-state index in [0.717, 1.165) is 13.0 Å². The zero-order valence-electron chi connectivity index (χ0n) is 10.9. The normalized spacial score (nSPS) is 14.9. The highest BCUT2D eigenvalue weighted by molar-refractivity contribution is 7.84. The van der Waals surface area contributed by atoms with Crippen molar-refractivity contribution in [1.82, 2.24) is 10.2 Å². The van der Waals surface area contributed by atoms with Gasteiger partial charge in [0, 0.05) is 35.4 Å². The lowest BCUT2D eigenvalue weighted by molar-refractivity contribution is -0.130. The minimum absolute atomic E-state index is 0.0975. The summed E-state index contributed by atoms with van der Waals surface area (Å²) in [5, 5.41) is 3.27. The van der Waals surface area contributed by atoms with Crippen LogP contribution in [0.4, 0.5) is 0 Å². The van der Waals surface area contributed by atoms with Crippen molar-refractivity contribution in [2.24, 2.45) is 0 Å². The van der Waals surface area contributed by atoms with Gasteiger partial charge < -0.3 is 10.2 Å². The van der Waals surface area contributed by atoms with Crippen molar-refractivity contribution in [2.45, 2.75) is 38.5 Å². The Kier molecular flexibility index (Phi) is 7.58. The van der Waals surface area contributed by atoms with Crippen LogP contribution in [0.15, 0.2) is 0 Å². The maximum atomic E-state index is 11.6. The Bertz CT molecular complexity index is 244. The number of carbonyl (C=O) groups is 1. The molecule has 96 valence electrons. The molecule has 0 aromatic carbocycles. The van der Waals surface area contributed by atoms with E-state index in [4.69, 9.17) is 0 Å². The summed E-state index contributed by atoms with van der Waals surface area (Å²) in [6, 6.07) is 0.233. The zero-order chi connectivity index (χ0) is 12.7. The van der Waals surface area contributed by atoms with E-state index in [1.54, 1.807) is 18.2 Å². The van der Waals surface area contributed by atoms with Gasteiger partial charge in [-0.2, -0.15) is 0 Å². The highest BCUT2D eigenvalue weighted by atomic mass is 32.2. The summed E-state index contributed by atoms with van der Waals surface area (Å²) in [5.41, 5.74) is 0. The summed E-state index contributed by atoms with van der Waals surface area (Å²) in [6.07, 6.45) is 2.55. The Morgan fingerprint density at radius 3 is 2.38 bits per heavy atom. The molecule has 0 aromatic rings. The number of hydrogen-bond donors (Lipinski definition) is 1. The number of hydrogen-bond acceptors (Lipinski definition) is 3. The van der Waals surface area contributed by atoms with Gasteiger partial charge in [-0.3, -0.25) is 9.00 Å². The quantitative estimate of drug-likeness (QED) is 0.671. The molecule has 2 unspecified atom stereocenters. The molecule has 0 saturated carbocycles. The summed E-state index contributed by atoms with van der Waals surface area (Å²) >= 11 is 0. The van der Waals surface area contributed by atoms with Crippen LogP contribution >= 0.6 is 0 Å². The molecule has 0 fully saturated rings. The second-order valence-corrected chi connectivity index (χ2v) is 6.17. The first-order valence-electron chi connectivity index (χ1n) is 5.64. The highest BCUT2D eigenvalue weighted by Gasteiger charge is 2.11. The molecule has 0 aliphatic heterocycles. The second-order valence-electron chi connectivity index (χ2n) is 4.37. The molecule has 0 saturated heterocycles. The van der Waals surface area contributed by atoms with E-state index in [0.29, 0.717) is 6.54 Å². The number of rotatable bonds is 7. The third-order valence-corrected chi connectivity index (χ3v) is 4.11. The lowest BCUT2D eigenvalue weighted by Gasteiger charge is -2.21. The Balaban J connectivity index is 3.67. The van der Waals surface area contributed by atoms with Crippen molar-refractivity contribution >= 4 is 16.7 Å². The number of nitrogens with zero attached hydrogens (tertiary/aromatic N) is 1. The van der Waals surface area contributed by atoms with Crippen molar-refractivity contribution in [3.8, 4) is 0 Å². The van der Waals surface area contributed by atoms with Gasteiger partial charge in [0.1, 0.15) is 0 Å². The molecule has 0 aromatic heterocycles. The van der Waals surface area contributed by atoms with Crippen LogP contribution in [0, 0.1) is 0 Å². The van der Waals surface area contributed by atoms with Gasteiger partial charge in [0.15, 0.2) is 0 Å². The minimum atomic E-state index is -0.776. The summed E-state index contributed by atoms with van der Waals surface area (Å²) in [4.78, 5) is 13.3. The summed E-state index contributed by atoms with van der Waals surface area (Å²) in [6.45, 7) is 7.02. The summed E-state index contributed by atoms with van der Waals surface area (Å²) in [5.74, 6) is 0.0975. The van der Waals surface area contributed by atoms with E-state index >= 15 is 0 Å². The third-order valence-electron chi connectivity index (χ3n) is 2.74. The molecular formula is C11H24N2O2S. The van der Waals surface area contributed by atoms with Gasteiger partial charge in [-0.05, 0) is 26.8 Å². The van der Waals surface area contributed by atoms with E-state index in [1.165, 1.54) is 0 Å². The molecule has 0 heterocycles. The van der Waals surface area contributed by atoms with Crippen LogP contribution in [0.25, 0.3) is 0 Å². The molecule has 4 nitrogen and oxygen atoms in total. The monoisotopic (exact) mass is 248 g/mol. The molecular weight excluding hydrogens is 224 g/mol. The standard InChI is InChI=1S/C11H24N2O2S/c1-9(2)13(4)11(14)8-12-7-6-10(3)16(5)15/h9-10,12H,6-8H2,1-5H3. The molecule has 1 amide bonds. The van der Waals surface area contributed by atoms with Crippen LogP contribution < -0.4 is 5.32 Å². The van der Waals surface area contributed by atoms with Gasteiger partial charge in [-0.15, -0.1) is 0 Å². The van der Waals surface area contributed by atoms with E-state index in [-0.39, 0.29) is 17.2 Å². The Morgan fingerprint density at radius 1 is 1.38 bits per heavy atom. The highest BCUT2D eigenvalue weighted by Crippen LogP contribution is 1.97. The fourth-order valence-corrected chi connectivity index (χ4v) is 1.53. The molecule has 0 aliphatic carbocycles. The van der Waals surface area contributed by atoms with Crippen molar-refractivity contribution in [1.29, 1.82) is 0 Å². The van der Waals surface area contributed by atoms with Gasteiger partial charge in [0.25, 0.3) is 0 Å². The van der Waals surface area contributed by atoms with Crippen LogP contribution in [-0.4, -0.2) is 52.7 Å². The average molecular weight is 248 g/mol. The maximum Gasteiger partial charge on any atom is 0.236 e. The SMILES string of the molecule is CC(C)N(C)C(=O)CNCCC(C)S(C)=O. The predicted molar refractivity (Wildman–Crippen MR) is 68.9 cm³/mol. The molecule has 0 bridgehead atoms. The smallest absolute Gasteiger partial charge is 0.236 e. The number of carbonyl (C=O) groups excluding carboxylic acids is 1. The molecule has 1 N–H and O–H groups in total. The predicted octanol–water partition coefficient (Wildman–Crippen LogP) is 0.600. The van der Waals surface area contributed by atoms with Crippen LogP contribution in [0.1, 0.15) is 27.2 Å². The number of likely N-dealkylation sites (N-methyl/N-ethyl adjacent to an activating group) is 1. The van der Waals surface area contributed by atoms with E-state index in [2.05, 4.69) is 5.32 Å². The van der Waals surface area contributed by atoms with Crippen LogP contribution in [0.3, 0.4) is 0 Å². The van der Waals surface area contributed by atoms with Gasteiger partial charge in [-0.1, -0.05) is 6.92 Å². The lowest BCUT2D eigenvalue weighted by atomic mass is 10.3. The first-order chi connectivity index (χ1) is 7.36. The van der Waals surface area contributed by atoms with E-state index in [9.17, 15) is 9.00 Å². The third kappa shape index (κ3) is 6.23. The number of nitrogens with one attached hydrogen (secondary N) is 1. The van der Waals surface area contributed by atoms with Crippen molar-refractivity contribution in [2.75, 3.05) is 26.4 Å². The molecule has 0 aliphatic rings. The molecule has 5 heteroatoms. The number of amides is 1. The van der Waals surface area contributed by atoms with Crippen molar-refractivity contribution < 1.29 is 9.00 Å². The fraction of sp³-hybridized carbons (Fsp3) is 0.909. The van der Waals surface area contributed by atoms with Crippen LogP contribution in [0.5, 0.6) is 0 Å². The second kappa shape index (κ2) is 7.79. The Labute approximate surface area is 101 Å². The van der Waals surface area contributed by atoms with E-state index in [1.807, 2.05) is 20.8 Å². The van der Waals surface area contributed by atoms with Gasteiger partial charge in [-0.25, -0.2) is 0 Å². The first kappa shape index (κ1) is 15.6. The summed E-state index contributed by atoms with van der Waals surface area (Å²) in [7, 11) is 1.03. The van der Waals surface area contributed by atoms with Crippen molar-refractivity contribution in [3.63, 3.8) is 0 Å². The molecule has 16 heavy (non-hydrogen) atoms. The van der Waals surface area contributed by atoms with Crippen LogP contribution in [-0.2, 0) is 15.6 Å². The molecule has 0 radical (unpaired) electrons. The topological polar surface area (TPSA) is 49.4 Å². The molecule has 0 rings (SSSR count). The molecule has 0 spiro atoms. The minimum Gasteiger partial charge on any atom is -0.342 e. The van der Waals surface area contributed by atoms with Crippen molar-refractivity contribution in [3.05, 3.63) is 0 Å². The van der Waals surface area contributed by atoms with Gasteiger partial charge in [0.2, 0.25) is 5.91 Å². The largest absolute Gasteiger partial charge is 0.342 e. The average Bonchev–Trinajstić information content (AvgIpc) is 2.22. The summed E-state index contributed by atoms with van der Waals surface area (Å²) < 4.78 is 11.1. The van der Waals surface area contributed by atoms with E-state index < -0.39 is 10.8 Å². The molecule has 2 atom stereocenters. The first-order valence-corrected chi connectivity index (χ1v) is 7.27. The zero-order valence-corrected chi connectivity index (χ0v) is 11.8. The Hall–Kier alpha value is -0.420. The fourth-order valence-electron chi connectivity index (χ4n) is 1.08. The lowest BCUT2D eigenvalue weighted by Crippen LogP contribution is -2.40. The van der Waals surface area contributed by atoms with Crippen LogP contribution in [0.2, 0.25) is 0 Å². The van der Waals surface area contributed by atoms with Gasteiger partial charge >= 0.3 is 0 Å². The van der Waals surface area contributed by atoms with Gasteiger partial charge in [0.05, 0.1) is 6.54 Å². The Morgan fingerprint density at radius 2 is 1.94 bits per heavy atom.